The smallest absolute Gasteiger partial charge is 0.263 e. The molecule has 4 aromatic rings. The molecule has 0 aliphatic heterocycles. The SMILES string of the molecule is NC(=O)CCCn1c(-c2ccccc2)nc2scc(-c3ccc(F)cc3)c2c1=O. The fourth-order valence-corrected chi connectivity index (χ4v) is 4.23. The van der Waals surface area contributed by atoms with E-state index in [2.05, 4.69) is 0 Å². The van der Waals surface area contributed by atoms with E-state index in [0.717, 1.165) is 16.7 Å². The summed E-state index contributed by atoms with van der Waals surface area (Å²) in [4.78, 5) is 30.0. The standard InChI is InChI=1S/C22H18FN3O2S/c23-16-10-8-14(9-11-16)17-13-29-21-19(17)22(28)26(12-4-7-18(24)27)20(25-21)15-5-2-1-3-6-15/h1-3,5-6,8-11,13H,4,7,12H2,(H2,24,27). The summed E-state index contributed by atoms with van der Waals surface area (Å²) in [5, 5.41) is 2.37. The van der Waals surface area contributed by atoms with Crippen molar-refractivity contribution < 1.29 is 9.18 Å². The number of carbonyl (C=O) groups is 1. The zero-order valence-corrected chi connectivity index (χ0v) is 16.3. The Morgan fingerprint density at radius 1 is 1.07 bits per heavy atom. The molecule has 5 nitrogen and oxygen atoms in total. The van der Waals surface area contributed by atoms with Crippen LogP contribution in [0.2, 0.25) is 0 Å². The minimum absolute atomic E-state index is 0.182. The normalized spacial score (nSPS) is 11.1. The van der Waals surface area contributed by atoms with Crippen LogP contribution in [0, 0.1) is 5.82 Å². The van der Waals surface area contributed by atoms with Gasteiger partial charge in [0.25, 0.3) is 5.56 Å². The average molecular weight is 407 g/mol. The lowest BCUT2D eigenvalue weighted by Gasteiger charge is -2.13. The monoisotopic (exact) mass is 407 g/mol. The van der Waals surface area contributed by atoms with Gasteiger partial charge < -0.3 is 5.73 Å². The minimum Gasteiger partial charge on any atom is -0.370 e. The fourth-order valence-electron chi connectivity index (χ4n) is 3.29. The number of carbonyl (C=O) groups excluding carboxylic acids is 1. The van der Waals surface area contributed by atoms with Crippen molar-refractivity contribution >= 4 is 27.5 Å². The van der Waals surface area contributed by atoms with Crippen molar-refractivity contribution in [3.8, 4) is 22.5 Å². The van der Waals surface area contributed by atoms with Crippen LogP contribution >= 0.6 is 11.3 Å². The first kappa shape index (κ1) is 19.0. The molecule has 0 spiro atoms. The predicted octanol–water partition coefficient (Wildman–Crippen LogP) is 4.20. The Morgan fingerprint density at radius 3 is 2.48 bits per heavy atom. The number of thiophene rings is 1. The molecular formula is C22H18FN3O2S. The molecule has 4 rings (SSSR count). The third-order valence-corrected chi connectivity index (χ3v) is 5.56. The van der Waals surface area contributed by atoms with Crippen LogP contribution in [-0.4, -0.2) is 15.5 Å². The highest BCUT2D eigenvalue weighted by Gasteiger charge is 2.18. The third kappa shape index (κ3) is 3.82. The number of fused-ring (bicyclic) bond motifs is 1. The quantitative estimate of drug-likeness (QED) is 0.520. The number of benzene rings is 2. The van der Waals surface area contributed by atoms with Crippen molar-refractivity contribution in [3.63, 3.8) is 0 Å². The van der Waals surface area contributed by atoms with E-state index in [1.54, 1.807) is 16.7 Å². The lowest BCUT2D eigenvalue weighted by atomic mass is 10.1. The van der Waals surface area contributed by atoms with Crippen molar-refractivity contribution in [1.29, 1.82) is 0 Å². The van der Waals surface area contributed by atoms with E-state index < -0.39 is 5.91 Å². The Labute approximate surface area is 170 Å². The first-order valence-corrected chi connectivity index (χ1v) is 10.0. The van der Waals surface area contributed by atoms with Crippen molar-refractivity contribution in [2.45, 2.75) is 19.4 Å². The van der Waals surface area contributed by atoms with E-state index in [1.165, 1.54) is 23.5 Å². The van der Waals surface area contributed by atoms with Gasteiger partial charge in [-0.15, -0.1) is 11.3 Å². The largest absolute Gasteiger partial charge is 0.370 e. The van der Waals surface area contributed by atoms with E-state index in [0.29, 0.717) is 29.0 Å². The van der Waals surface area contributed by atoms with Crippen LogP contribution in [0.25, 0.3) is 32.7 Å². The number of hydrogen-bond acceptors (Lipinski definition) is 4. The Morgan fingerprint density at radius 2 is 1.79 bits per heavy atom. The van der Waals surface area contributed by atoms with Crippen LogP contribution in [0.15, 0.2) is 64.8 Å². The van der Waals surface area contributed by atoms with Gasteiger partial charge in [-0.3, -0.25) is 14.2 Å². The van der Waals surface area contributed by atoms with Crippen LogP contribution in [-0.2, 0) is 11.3 Å². The molecule has 0 saturated carbocycles. The van der Waals surface area contributed by atoms with Gasteiger partial charge in [0, 0.05) is 29.5 Å². The number of nitrogens with two attached hydrogens (primary N) is 1. The third-order valence-electron chi connectivity index (χ3n) is 4.69. The molecule has 0 atom stereocenters. The maximum atomic E-state index is 13.5. The molecule has 0 aliphatic carbocycles. The molecule has 146 valence electrons. The Balaban J connectivity index is 1.90. The van der Waals surface area contributed by atoms with Gasteiger partial charge in [0.05, 0.1) is 5.39 Å². The van der Waals surface area contributed by atoms with Crippen molar-refractivity contribution in [1.82, 2.24) is 9.55 Å². The summed E-state index contributed by atoms with van der Waals surface area (Å²) in [5.41, 5.74) is 7.38. The summed E-state index contributed by atoms with van der Waals surface area (Å²) in [6.45, 7) is 0.327. The second kappa shape index (κ2) is 7.97. The van der Waals surface area contributed by atoms with E-state index in [1.807, 2.05) is 35.7 Å². The molecule has 0 fully saturated rings. The van der Waals surface area contributed by atoms with Crippen molar-refractivity contribution in [3.05, 3.63) is 76.1 Å². The highest BCUT2D eigenvalue weighted by atomic mass is 32.1. The molecule has 0 saturated heterocycles. The summed E-state index contributed by atoms with van der Waals surface area (Å²) in [7, 11) is 0. The van der Waals surface area contributed by atoms with Gasteiger partial charge >= 0.3 is 0 Å². The second-order valence-electron chi connectivity index (χ2n) is 6.66. The molecular weight excluding hydrogens is 389 g/mol. The highest BCUT2D eigenvalue weighted by Crippen LogP contribution is 2.32. The van der Waals surface area contributed by atoms with Gasteiger partial charge in [-0.1, -0.05) is 42.5 Å². The molecule has 0 bridgehead atoms. The summed E-state index contributed by atoms with van der Waals surface area (Å²) >= 11 is 1.38. The summed E-state index contributed by atoms with van der Waals surface area (Å²) in [6.07, 6.45) is 0.630. The molecule has 0 radical (unpaired) electrons. The van der Waals surface area contributed by atoms with Gasteiger partial charge in [0.1, 0.15) is 16.5 Å². The lowest BCUT2D eigenvalue weighted by molar-refractivity contribution is -0.118. The molecule has 7 heteroatoms. The van der Waals surface area contributed by atoms with Gasteiger partial charge in [-0.05, 0) is 24.1 Å². The molecule has 2 N–H and O–H groups in total. The van der Waals surface area contributed by atoms with Gasteiger partial charge in [0.15, 0.2) is 0 Å². The summed E-state index contributed by atoms with van der Waals surface area (Å²) in [6, 6.07) is 15.5. The zero-order chi connectivity index (χ0) is 20.4. The van der Waals surface area contributed by atoms with Crippen LogP contribution < -0.4 is 11.3 Å². The zero-order valence-electron chi connectivity index (χ0n) is 15.5. The number of primary amides is 1. The molecule has 29 heavy (non-hydrogen) atoms. The summed E-state index contributed by atoms with van der Waals surface area (Å²) < 4.78 is 14.9. The van der Waals surface area contributed by atoms with Gasteiger partial charge in [-0.2, -0.15) is 0 Å². The summed E-state index contributed by atoms with van der Waals surface area (Å²) in [5.74, 6) is -0.183. The Bertz CT molecular complexity index is 1230. The van der Waals surface area contributed by atoms with Crippen LogP contribution in [0.3, 0.4) is 0 Å². The predicted molar refractivity (Wildman–Crippen MR) is 113 cm³/mol. The van der Waals surface area contributed by atoms with Crippen molar-refractivity contribution in [2.75, 3.05) is 0 Å². The number of hydrogen-bond donors (Lipinski definition) is 1. The molecule has 0 aliphatic rings. The molecule has 2 aromatic carbocycles. The first-order chi connectivity index (χ1) is 14.0. The highest BCUT2D eigenvalue weighted by molar-refractivity contribution is 7.17. The van der Waals surface area contributed by atoms with Crippen LogP contribution in [0.4, 0.5) is 4.39 Å². The molecule has 1 amide bonds. The maximum Gasteiger partial charge on any atom is 0.263 e. The topological polar surface area (TPSA) is 78.0 Å². The van der Waals surface area contributed by atoms with Crippen molar-refractivity contribution in [2.24, 2.45) is 5.73 Å². The number of halogens is 1. The molecule has 2 heterocycles. The molecule has 0 unspecified atom stereocenters. The van der Waals surface area contributed by atoms with Gasteiger partial charge in [-0.25, -0.2) is 9.37 Å². The van der Waals surface area contributed by atoms with Gasteiger partial charge in [0.2, 0.25) is 5.91 Å². The Kier molecular flexibility index (Phi) is 5.22. The van der Waals surface area contributed by atoms with E-state index in [9.17, 15) is 14.0 Å². The number of rotatable bonds is 6. The van der Waals surface area contributed by atoms with E-state index in [-0.39, 0.29) is 17.8 Å². The number of amides is 1. The number of aromatic nitrogens is 2. The van der Waals surface area contributed by atoms with E-state index in [4.69, 9.17) is 10.7 Å². The second-order valence-corrected chi connectivity index (χ2v) is 7.52. The minimum atomic E-state index is -0.407. The average Bonchev–Trinajstić information content (AvgIpc) is 3.15. The first-order valence-electron chi connectivity index (χ1n) is 9.16. The fraction of sp³-hybridized carbons (Fsp3) is 0.136. The van der Waals surface area contributed by atoms with E-state index >= 15 is 0 Å². The Hall–Kier alpha value is -3.32. The molecule has 2 aromatic heterocycles. The van der Waals surface area contributed by atoms with Crippen LogP contribution in [0.5, 0.6) is 0 Å². The maximum absolute atomic E-state index is 13.5. The lowest BCUT2D eigenvalue weighted by Crippen LogP contribution is -2.24. The number of nitrogens with zero attached hydrogens (tertiary/aromatic N) is 2. The van der Waals surface area contributed by atoms with Crippen LogP contribution in [0.1, 0.15) is 12.8 Å².